The molecule has 20 heavy (non-hydrogen) atoms. The van der Waals surface area contributed by atoms with Gasteiger partial charge in [0.25, 0.3) is 0 Å². The van der Waals surface area contributed by atoms with Crippen molar-refractivity contribution in [2.45, 2.75) is 46.6 Å². The Labute approximate surface area is 122 Å². The first kappa shape index (κ1) is 18.7. The molecule has 0 spiro atoms. The molecule has 0 aromatic heterocycles. The van der Waals surface area contributed by atoms with E-state index in [2.05, 4.69) is 24.3 Å². The van der Waals surface area contributed by atoms with Crippen LogP contribution in [0.1, 0.15) is 40.5 Å². The molecule has 0 rings (SSSR count). The van der Waals surface area contributed by atoms with E-state index in [4.69, 9.17) is 10.9 Å². The standard InChI is InChI=1S/C14H30N4O2/c1-7-14(8-2,12(15)17-20)13(19)16-11(10(3)4)9-18(5)6/h10-11,20H,7-9H2,1-6H3,(H2,15,17)(H,16,19). The maximum atomic E-state index is 12.6. The molecule has 0 fully saturated rings. The minimum atomic E-state index is -0.936. The topological polar surface area (TPSA) is 91.0 Å². The number of hydrogen-bond acceptors (Lipinski definition) is 4. The molecule has 0 aromatic rings. The fourth-order valence-corrected chi connectivity index (χ4v) is 2.27. The summed E-state index contributed by atoms with van der Waals surface area (Å²) in [6.45, 7) is 8.63. The van der Waals surface area contributed by atoms with Gasteiger partial charge in [0.2, 0.25) is 5.91 Å². The van der Waals surface area contributed by atoms with E-state index in [1.165, 1.54) is 0 Å². The van der Waals surface area contributed by atoms with Crippen LogP contribution in [0.15, 0.2) is 5.16 Å². The molecule has 1 unspecified atom stereocenters. The van der Waals surface area contributed by atoms with E-state index in [1.54, 1.807) is 0 Å². The van der Waals surface area contributed by atoms with Gasteiger partial charge < -0.3 is 21.2 Å². The molecule has 6 heteroatoms. The number of likely N-dealkylation sites (N-methyl/N-ethyl adjacent to an activating group) is 1. The predicted octanol–water partition coefficient (Wildman–Crippen LogP) is 1.24. The Morgan fingerprint density at radius 3 is 2.15 bits per heavy atom. The van der Waals surface area contributed by atoms with Crippen LogP contribution < -0.4 is 11.1 Å². The Kier molecular flexibility index (Phi) is 7.57. The second kappa shape index (κ2) is 8.09. The van der Waals surface area contributed by atoms with Crippen molar-refractivity contribution < 1.29 is 10.0 Å². The number of nitrogens with zero attached hydrogens (tertiary/aromatic N) is 2. The zero-order valence-electron chi connectivity index (χ0n) is 13.6. The molecule has 0 aliphatic rings. The third-order valence-electron chi connectivity index (χ3n) is 3.92. The average Bonchev–Trinajstić information content (AvgIpc) is 2.38. The Morgan fingerprint density at radius 1 is 1.35 bits per heavy atom. The summed E-state index contributed by atoms with van der Waals surface area (Å²) in [5.74, 6) is 0.116. The summed E-state index contributed by atoms with van der Waals surface area (Å²) in [5.41, 5.74) is 4.82. The highest BCUT2D eigenvalue weighted by molar-refractivity contribution is 6.06. The van der Waals surface area contributed by atoms with Gasteiger partial charge in [-0.15, -0.1) is 0 Å². The lowest BCUT2D eigenvalue weighted by Crippen LogP contribution is -2.54. The van der Waals surface area contributed by atoms with Crippen molar-refractivity contribution in [2.75, 3.05) is 20.6 Å². The molecule has 6 nitrogen and oxygen atoms in total. The van der Waals surface area contributed by atoms with Crippen molar-refractivity contribution in [1.29, 1.82) is 0 Å². The molecule has 118 valence electrons. The van der Waals surface area contributed by atoms with E-state index in [1.807, 2.05) is 32.8 Å². The van der Waals surface area contributed by atoms with Crippen LogP contribution in [0.3, 0.4) is 0 Å². The Morgan fingerprint density at radius 2 is 1.85 bits per heavy atom. The molecular formula is C14H30N4O2. The number of carbonyl (C=O) groups excluding carboxylic acids is 1. The summed E-state index contributed by atoms with van der Waals surface area (Å²) < 4.78 is 0. The third kappa shape index (κ3) is 4.37. The van der Waals surface area contributed by atoms with Crippen LogP contribution in [0.2, 0.25) is 0 Å². The molecule has 1 atom stereocenters. The van der Waals surface area contributed by atoms with Gasteiger partial charge in [-0.1, -0.05) is 32.9 Å². The van der Waals surface area contributed by atoms with Crippen molar-refractivity contribution in [2.24, 2.45) is 22.2 Å². The number of amides is 1. The van der Waals surface area contributed by atoms with Crippen LogP contribution in [0.4, 0.5) is 0 Å². The number of amidine groups is 1. The lowest BCUT2D eigenvalue weighted by Gasteiger charge is -2.33. The van der Waals surface area contributed by atoms with Gasteiger partial charge in [-0.2, -0.15) is 0 Å². The largest absolute Gasteiger partial charge is 0.409 e. The second-order valence-electron chi connectivity index (χ2n) is 5.86. The number of nitrogens with one attached hydrogen (secondary N) is 1. The summed E-state index contributed by atoms with van der Waals surface area (Å²) in [6.07, 6.45) is 0.996. The average molecular weight is 286 g/mol. The molecule has 0 radical (unpaired) electrons. The van der Waals surface area contributed by atoms with E-state index in [-0.39, 0.29) is 17.8 Å². The summed E-state index contributed by atoms with van der Waals surface area (Å²) in [7, 11) is 3.94. The van der Waals surface area contributed by atoms with Crippen LogP contribution in [0.25, 0.3) is 0 Å². The fourth-order valence-electron chi connectivity index (χ4n) is 2.27. The number of nitrogens with two attached hydrogens (primary N) is 1. The highest BCUT2D eigenvalue weighted by Gasteiger charge is 2.40. The second-order valence-corrected chi connectivity index (χ2v) is 5.86. The SMILES string of the molecule is CCC(CC)(C(=O)NC(CN(C)C)C(C)C)C(N)=NO. The Balaban J connectivity index is 5.18. The molecule has 0 aliphatic heterocycles. The van der Waals surface area contributed by atoms with Crippen LogP contribution >= 0.6 is 0 Å². The summed E-state index contributed by atoms with van der Waals surface area (Å²) in [5, 5.41) is 15.1. The molecule has 4 N–H and O–H groups in total. The van der Waals surface area contributed by atoms with Gasteiger partial charge in [0.05, 0.1) is 0 Å². The smallest absolute Gasteiger partial charge is 0.234 e. The molecule has 0 bridgehead atoms. The van der Waals surface area contributed by atoms with Crippen molar-refractivity contribution in [3.63, 3.8) is 0 Å². The Bertz CT molecular complexity index is 336. The minimum absolute atomic E-state index is 0.0210. The van der Waals surface area contributed by atoms with Gasteiger partial charge in [0, 0.05) is 12.6 Å². The normalized spacial score (nSPS) is 14.7. The van der Waals surface area contributed by atoms with Crippen LogP contribution in [0, 0.1) is 11.3 Å². The molecule has 0 saturated carbocycles. The summed E-state index contributed by atoms with van der Waals surface area (Å²) in [4.78, 5) is 14.7. The van der Waals surface area contributed by atoms with Crippen LogP contribution in [0.5, 0.6) is 0 Å². The van der Waals surface area contributed by atoms with E-state index >= 15 is 0 Å². The number of carbonyl (C=O) groups is 1. The number of hydrogen-bond donors (Lipinski definition) is 3. The van der Waals surface area contributed by atoms with Crippen molar-refractivity contribution >= 4 is 11.7 Å². The molecule has 1 amide bonds. The lowest BCUT2D eigenvalue weighted by molar-refractivity contribution is -0.129. The predicted molar refractivity (Wildman–Crippen MR) is 81.7 cm³/mol. The third-order valence-corrected chi connectivity index (χ3v) is 3.92. The zero-order valence-corrected chi connectivity index (χ0v) is 13.6. The summed E-state index contributed by atoms with van der Waals surface area (Å²) >= 11 is 0. The van der Waals surface area contributed by atoms with E-state index in [9.17, 15) is 4.79 Å². The van der Waals surface area contributed by atoms with Crippen molar-refractivity contribution in [1.82, 2.24) is 10.2 Å². The maximum Gasteiger partial charge on any atom is 0.234 e. The van der Waals surface area contributed by atoms with Gasteiger partial charge in [0.15, 0.2) is 5.84 Å². The first-order valence-electron chi connectivity index (χ1n) is 7.18. The van der Waals surface area contributed by atoms with Gasteiger partial charge in [-0.05, 0) is 32.9 Å². The van der Waals surface area contributed by atoms with Crippen molar-refractivity contribution in [3.8, 4) is 0 Å². The highest BCUT2D eigenvalue weighted by Crippen LogP contribution is 2.27. The van der Waals surface area contributed by atoms with E-state index in [0.717, 1.165) is 6.54 Å². The van der Waals surface area contributed by atoms with Crippen LogP contribution in [-0.4, -0.2) is 48.5 Å². The van der Waals surface area contributed by atoms with Crippen molar-refractivity contribution in [3.05, 3.63) is 0 Å². The van der Waals surface area contributed by atoms with Gasteiger partial charge >= 0.3 is 0 Å². The quantitative estimate of drug-likeness (QED) is 0.271. The van der Waals surface area contributed by atoms with E-state index < -0.39 is 5.41 Å². The molecule has 0 heterocycles. The van der Waals surface area contributed by atoms with Gasteiger partial charge in [0.1, 0.15) is 5.41 Å². The summed E-state index contributed by atoms with van der Waals surface area (Å²) in [6, 6.07) is 0.0291. The highest BCUT2D eigenvalue weighted by atomic mass is 16.4. The molecule has 0 saturated heterocycles. The molecular weight excluding hydrogens is 256 g/mol. The first-order valence-corrected chi connectivity index (χ1v) is 7.18. The molecule has 0 aromatic carbocycles. The number of oxime groups is 1. The minimum Gasteiger partial charge on any atom is -0.409 e. The monoisotopic (exact) mass is 286 g/mol. The van der Waals surface area contributed by atoms with Gasteiger partial charge in [-0.25, -0.2) is 0 Å². The first-order chi connectivity index (χ1) is 9.24. The Hall–Kier alpha value is -1.30. The molecule has 0 aliphatic carbocycles. The number of rotatable bonds is 8. The lowest BCUT2D eigenvalue weighted by atomic mass is 9.79. The van der Waals surface area contributed by atoms with E-state index in [0.29, 0.717) is 18.8 Å². The maximum absolute atomic E-state index is 12.6. The fraction of sp³-hybridized carbons (Fsp3) is 0.857. The van der Waals surface area contributed by atoms with Gasteiger partial charge in [-0.3, -0.25) is 4.79 Å². The van der Waals surface area contributed by atoms with Crippen LogP contribution in [-0.2, 0) is 4.79 Å². The zero-order chi connectivity index (χ0) is 15.9.